The van der Waals surface area contributed by atoms with Gasteiger partial charge in [0.05, 0.1) is 5.56 Å². The summed E-state index contributed by atoms with van der Waals surface area (Å²) in [6, 6.07) is 4.66. The number of hydrogen-bond donors (Lipinski definition) is 3. The summed E-state index contributed by atoms with van der Waals surface area (Å²) < 4.78 is 0.747. The van der Waals surface area contributed by atoms with Gasteiger partial charge in [-0.3, -0.25) is 4.79 Å². The van der Waals surface area contributed by atoms with E-state index in [9.17, 15) is 9.90 Å². The lowest BCUT2D eigenvalue weighted by Gasteiger charge is -2.15. The molecule has 0 aliphatic carbocycles. The van der Waals surface area contributed by atoms with Crippen LogP contribution in [0.5, 0.6) is 5.75 Å². The summed E-state index contributed by atoms with van der Waals surface area (Å²) in [7, 11) is 0. The molecule has 1 rings (SSSR count). The van der Waals surface area contributed by atoms with Crippen molar-refractivity contribution in [2.75, 3.05) is 6.54 Å². The highest BCUT2D eigenvalue weighted by Crippen LogP contribution is 2.21. The highest BCUT2D eigenvalue weighted by molar-refractivity contribution is 9.10. The van der Waals surface area contributed by atoms with E-state index in [0.717, 1.165) is 10.9 Å². The number of benzene rings is 1. The second-order valence-corrected chi connectivity index (χ2v) is 4.39. The lowest BCUT2D eigenvalue weighted by Crippen LogP contribution is -2.39. The molecule has 1 aromatic rings. The van der Waals surface area contributed by atoms with Crippen molar-refractivity contribution in [3.8, 4) is 5.75 Å². The Kier molecular flexibility index (Phi) is 4.76. The molecular weight excluding hydrogens is 272 g/mol. The number of halogens is 1. The number of phenolic OH excluding ortho intramolecular Hbond substituents is 1. The lowest BCUT2D eigenvalue weighted by molar-refractivity contribution is 0.0934. The highest BCUT2D eigenvalue weighted by Gasteiger charge is 2.14. The number of nitrogens with two attached hydrogens (primary N) is 1. The van der Waals surface area contributed by atoms with Crippen molar-refractivity contribution in [1.82, 2.24) is 5.32 Å². The van der Waals surface area contributed by atoms with Crippen LogP contribution in [0.25, 0.3) is 0 Å². The van der Waals surface area contributed by atoms with Crippen LogP contribution in [0.3, 0.4) is 0 Å². The third-order valence-corrected chi connectivity index (χ3v) is 2.81. The Morgan fingerprint density at radius 1 is 1.62 bits per heavy atom. The molecule has 1 amide bonds. The van der Waals surface area contributed by atoms with E-state index >= 15 is 0 Å². The summed E-state index contributed by atoms with van der Waals surface area (Å²) in [6.07, 6.45) is 0.761. The van der Waals surface area contributed by atoms with E-state index in [2.05, 4.69) is 21.2 Å². The fourth-order valence-electron chi connectivity index (χ4n) is 1.28. The largest absolute Gasteiger partial charge is 0.507 e. The van der Waals surface area contributed by atoms with Gasteiger partial charge >= 0.3 is 0 Å². The van der Waals surface area contributed by atoms with Gasteiger partial charge in [-0.1, -0.05) is 22.9 Å². The van der Waals surface area contributed by atoms with Crippen molar-refractivity contribution in [2.24, 2.45) is 5.73 Å². The molecule has 0 bridgehead atoms. The molecule has 1 atom stereocenters. The molecule has 0 saturated carbocycles. The number of aromatic hydroxyl groups is 1. The second-order valence-electron chi connectivity index (χ2n) is 3.48. The number of rotatable bonds is 4. The number of carbonyl (C=O) groups excluding carboxylic acids is 1. The van der Waals surface area contributed by atoms with Crippen LogP contribution < -0.4 is 11.1 Å². The predicted octanol–water partition coefficient (Wildman–Crippen LogP) is 1.62. The summed E-state index contributed by atoms with van der Waals surface area (Å²) in [4.78, 5) is 11.8. The molecule has 0 radical (unpaired) electrons. The van der Waals surface area contributed by atoms with Crippen LogP contribution in [0.1, 0.15) is 23.7 Å². The Balaban J connectivity index is 2.83. The van der Waals surface area contributed by atoms with Crippen LogP contribution in [0.15, 0.2) is 22.7 Å². The molecule has 88 valence electrons. The third kappa shape index (κ3) is 3.21. The maximum Gasteiger partial charge on any atom is 0.255 e. The molecule has 0 aliphatic rings. The van der Waals surface area contributed by atoms with Gasteiger partial charge in [-0.05, 0) is 24.6 Å². The first-order valence-electron chi connectivity index (χ1n) is 5.08. The van der Waals surface area contributed by atoms with Gasteiger partial charge in [0.25, 0.3) is 5.91 Å². The van der Waals surface area contributed by atoms with E-state index in [1.165, 1.54) is 6.07 Å². The second kappa shape index (κ2) is 5.86. The molecule has 0 spiro atoms. The van der Waals surface area contributed by atoms with Gasteiger partial charge in [0.1, 0.15) is 5.75 Å². The van der Waals surface area contributed by atoms with Crippen molar-refractivity contribution in [2.45, 2.75) is 19.4 Å². The molecule has 4 nitrogen and oxygen atoms in total. The normalized spacial score (nSPS) is 12.2. The minimum atomic E-state index is -0.309. The zero-order valence-corrected chi connectivity index (χ0v) is 10.6. The standard InChI is InChI=1S/C11H15BrN2O2/c1-2-8(6-13)14-11(16)9-5-7(12)3-4-10(9)15/h3-5,8,15H,2,6,13H2,1H3,(H,14,16). The van der Waals surface area contributed by atoms with Crippen molar-refractivity contribution in [1.29, 1.82) is 0 Å². The quantitative estimate of drug-likeness (QED) is 0.787. The van der Waals surface area contributed by atoms with Gasteiger partial charge in [-0.25, -0.2) is 0 Å². The van der Waals surface area contributed by atoms with E-state index in [1.807, 2.05) is 6.92 Å². The van der Waals surface area contributed by atoms with Crippen LogP contribution >= 0.6 is 15.9 Å². The molecule has 1 aromatic carbocycles. The SMILES string of the molecule is CCC(CN)NC(=O)c1cc(Br)ccc1O. The molecule has 4 N–H and O–H groups in total. The van der Waals surface area contributed by atoms with E-state index in [0.29, 0.717) is 6.54 Å². The molecule has 0 saturated heterocycles. The maximum absolute atomic E-state index is 11.8. The molecule has 0 aliphatic heterocycles. The Morgan fingerprint density at radius 3 is 2.88 bits per heavy atom. The van der Waals surface area contributed by atoms with Gasteiger partial charge in [-0.2, -0.15) is 0 Å². The summed E-state index contributed by atoms with van der Waals surface area (Å²) >= 11 is 3.25. The fraction of sp³-hybridized carbons (Fsp3) is 0.364. The van der Waals surface area contributed by atoms with E-state index in [-0.39, 0.29) is 23.3 Å². The average molecular weight is 287 g/mol. The van der Waals surface area contributed by atoms with E-state index in [1.54, 1.807) is 12.1 Å². The van der Waals surface area contributed by atoms with E-state index < -0.39 is 0 Å². The minimum Gasteiger partial charge on any atom is -0.507 e. The van der Waals surface area contributed by atoms with E-state index in [4.69, 9.17) is 5.73 Å². The van der Waals surface area contributed by atoms with Crippen LogP contribution in [0.2, 0.25) is 0 Å². The number of amides is 1. The van der Waals surface area contributed by atoms with Crippen molar-refractivity contribution in [3.05, 3.63) is 28.2 Å². The van der Waals surface area contributed by atoms with Gasteiger partial charge < -0.3 is 16.2 Å². The maximum atomic E-state index is 11.8. The Hall–Kier alpha value is -1.07. The molecule has 16 heavy (non-hydrogen) atoms. The highest BCUT2D eigenvalue weighted by atomic mass is 79.9. The van der Waals surface area contributed by atoms with Gasteiger partial charge in [0.2, 0.25) is 0 Å². The predicted molar refractivity (Wildman–Crippen MR) is 66.4 cm³/mol. The molecule has 5 heteroatoms. The summed E-state index contributed by atoms with van der Waals surface area (Å²) in [5, 5.41) is 12.3. The molecule has 0 heterocycles. The summed E-state index contributed by atoms with van der Waals surface area (Å²) in [6.45, 7) is 2.33. The van der Waals surface area contributed by atoms with Crippen LogP contribution in [0.4, 0.5) is 0 Å². The van der Waals surface area contributed by atoms with Crippen LogP contribution in [-0.4, -0.2) is 23.6 Å². The Morgan fingerprint density at radius 2 is 2.31 bits per heavy atom. The number of nitrogens with one attached hydrogen (secondary N) is 1. The first kappa shape index (κ1) is 13.0. The smallest absolute Gasteiger partial charge is 0.255 e. The zero-order valence-electron chi connectivity index (χ0n) is 9.03. The third-order valence-electron chi connectivity index (χ3n) is 2.32. The Labute approximate surface area is 103 Å². The van der Waals surface area contributed by atoms with Crippen molar-refractivity contribution in [3.63, 3.8) is 0 Å². The van der Waals surface area contributed by atoms with Crippen LogP contribution in [0, 0.1) is 0 Å². The molecule has 0 aromatic heterocycles. The number of phenols is 1. The first-order chi connectivity index (χ1) is 7.58. The monoisotopic (exact) mass is 286 g/mol. The number of carbonyl (C=O) groups is 1. The fourth-order valence-corrected chi connectivity index (χ4v) is 1.64. The van der Waals surface area contributed by atoms with Crippen molar-refractivity contribution < 1.29 is 9.90 Å². The van der Waals surface area contributed by atoms with Crippen molar-refractivity contribution >= 4 is 21.8 Å². The van der Waals surface area contributed by atoms with Gasteiger partial charge in [0, 0.05) is 17.1 Å². The average Bonchev–Trinajstić information content (AvgIpc) is 2.28. The zero-order chi connectivity index (χ0) is 12.1. The molecular formula is C11H15BrN2O2. The Bertz CT molecular complexity index is 378. The minimum absolute atomic E-state index is 0.0347. The molecule has 0 fully saturated rings. The lowest BCUT2D eigenvalue weighted by atomic mass is 10.1. The summed E-state index contributed by atoms with van der Waals surface area (Å²) in [5.74, 6) is -0.344. The first-order valence-corrected chi connectivity index (χ1v) is 5.87. The topological polar surface area (TPSA) is 75.3 Å². The number of hydrogen-bond acceptors (Lipinski definition) is 3. The van der Waals surface area contributed by atoms with Gasteiger partial charge in [-0.15, -0.1) is 0 Å². The van der Waals surface area contributed by atoms with Gasteiger partial charge in [0.15, 0.2) is 0 Å². The molecule has 1 unspecified atom stereocenters. The van der Waals surface area contributed by atoms with Crippen LogP contribution in [-0.2, 0) is 0 Å². The summed E-state index contributed by atoms with van der Waals surface area (Å²) in [5.41, 5.74) is 5.74.